The Balaban J connectivity index is 2.44. The molecule has 16 heavy (non-hydrogen) atoms. The highest BCUT2D eigenvalue weighted by Gasteiger charge is 2.27. The molecule has 0 radical (unpaired) electrons. The highest BCUT2D eigenvalue weighted by atomic mass is 14.9. The van der Waals surface area contributed by atoms with Crippen LogP contribution >= 0.6 is 0 Å². The first-order valence-corrected chi connectivity index (χ1v) is 7.38. The first-order valence-electron chi connectivity index (χ1n) is 7.38. The van der Waals surface area contributed by atoms with Crippen molar-refractivity contribution >= 4 is 0 Å². The Morgan fingerprint density at radius 2 is 2.00 bits per heavy atom. The molecular weight excluding hydrogens is 194 g/mol. The monoisotopic (exact) mass is 225 g/mol. The van der Waals surface area contributed by atoms with Crippen LogP contribution in [0.3, 0.4) is 0 Å². The maximum atomic E-state index is 3.58. The molecule has 1 aliphatic rings. The predicted octanol–water partition coefficient (Wildman–Crippen LogP) is 4.23. The van der Waals surface area contributed by atoms with Crippen LogP contribution in [0.4, 0.5) is 0 Å². The van der Waals surface area contributed by atoms with Gasteiger partial charge in [-0.15, -0.1) is 0 Å². The predicted molar refractivity (Wildman–Crippen MR) is 72.7 cm³/mol. The molecule has 1 heteroatoms. The standard InChI is InChI=1S/C15H31N/c1-5-12(3)10-15(16-4)14-9-7-8-13(6-2)11-14/h12-16H,5-11H2,1-4H3. The van der Waals surface area contributed by atoms with E-state index in [0.717, 1.165) is 23.8 Å². The third kappa shape index (κ3) is 4.08. The summed E-state index contributed by atoms with van der Waals surface area (Å²) in [4.78, 5) is 0. The van der Waals surface area contributed by atoms with Gasteiger partial charge < -0.3 is 5.32 Å². The maximum absolute atomic E-state index is 3.58. The molecule has 4 unspecified atom stereocenters. The van der Waals surface area contributed by atoms with Crippen LogP contribution in [0.15, 0.2) is 0 Å². The van der Waals surface area contributed by atoms with Gasteiger partial charge in [-0.3, -0.25) is 0 Å². The van der Waals surface area contributed by atoms with Crippen LogP contribution < -0.4 is 5.32 Å². The SMILES string of the molecule is CCC(C)CC(NC)C1CCCC(CC)C1. The van der Waals surface area contributed by atoms with E-state index < -0.39 is 0 Å². The molecule has 1 nitrogen and oxygen atoms in total. The van der Waals surface area contributed by atoms with Crippen molar-refractivity contribution in [1.82, 2.24) is 5.32 Å². The summed E-state index contributed by atoms with van der Waals surface area (Å²) in [6.07, 6.45) is 9.94. The zero-order valence-corrected chi connectivity index (χ0v) is 11.8. The fourth-order valence-corrected chi connectivity index (χ4v) is 3.21. The van der Waals surface area contributed by atoms with E-state index in [9.17, 15) is 0 Å². The first-order chi connectivity index (χ1) is 7.71. The summed E-state index contributed by atoms with van der Waals surface area (Å²) < 4.78 is 0. The highest BCUT2D eigenvalue weighted by Crippen LogP contribution is 2.34. The molecule has 1 rings (SSSR count). The summed E-state index contributed by atoms with van der Waals surface area (Å²) in [7, 11) is 2.16. The van der Waals surface area contributed by atoms with E-state index in [4.69, 9.17) is 0 Å². The van der Waals surface area contributed by atoms with E-state index >= 15 is 0 Å². The summed E-state index contributed by atoms with van der Waals surface area (Å²) in [5.41, 5.74) is 0. The lowest BCUT2D eigenvalue weighted by molar-refractivity contribution is 0.195. The minimum atomic E-state index is 0.768. The molecule has 0 aromatic rings. The van der Waals surface area contributed by atoms with E-state index in [-0.39, 0.29) is 0 Å². The van der Waals surface area contributed by atoms with Gasteiger partial charge >= 0.3 is 0 Å². The molecule has 0 spiro atoms. The minimum absolute atomic E-state index is 0.768. The molecule has 0 aromatic carbocycles. The van der Waals surface area contributed by atoms with Crippen LogP contribution in [0.5, 0.6) is 0 Å². The Bertz CT molecular complexity index is 176. The lowest BCUT2D eigenvalue weighted by atomic mass is 9.75. The van der Waals surface area contributed by atoms with Gasteiger partial charge in [-0.05, 0) is 44.1 Å². The van der Waals surface area contributed by atoms with Crippen molar-refractivity contribution in [3.63, 3.8) is 0 Å². The average Bonchev–Trinajstić information content (AvgIpc) is 2.35. The number of rotatable bonds is 6. The fourth-order valence-electron chi connectivity index (χ4n) is 3.21. The van der Waals surface area contributed by atoms with Gasteiger partial charge in [0.2, 0.25) is 0 Å². The van der Waals surface area contributed by atoms with Gasteiger partial charge in [0.25, 0.3) is 0 Å². The molecule has 1 aliphatic carbocycles. The third-order valence-corrected chi connectivity index (χ3v) is 4.69. The van der Waals surface area contributed by atoms with E-state index in [0.29, 0.717) is 0 Å². The Morgan fingerprint density at radius 3 is 2.56 bits per heavy atom. The second kappa shape index (κ2) is 7.32. The largest absolute Gasteiger partial charge is 0.317 e. The fraction of sp³-hybridized carbons (Fsp3) is 1.00. The Labute approximate surface area is 102 Å². The maximum Gasteiger partial charge on any atom is 0.00949 e. The van der Waals surface area contributed by atoms with Gasteiger partial charge in [-0.25, -0.2) is 0 Å². The Kier molecular flexibility index (Phi) is 6.41. The molecule has 0 aromatic heterocycles. The lowest BCUT2D eigenvalue weighted by Crippen LogP contribution is -2.37. The molecule has 0 amide bonds. The summed E-state index contributed by atoms with van der Waals surface area (Å²) in [6, 6.07) is 0.768. The summed E-state index contributed by atoms with van der Waals surface area (Å²) in [5, 5.41) is 3.58. The van der Waals surface area contributed by atoms with E-state index in [1.165, 1.54) is 44.9 Å². The van der Waals surface area contributed by atoms with Gasteiger partial charge in [0.15, 0.2) is 0 Å². The summed E-state index contributed by atoms with van der Waals surface area (Å²) in [6.45, 7) is 7.06. The van der Waals surface area contributed by atoms with Crippen LogP contribution in [-0.4, -0.2) is 13.1 Å². The summed E-state index contributed by atoms with van der Waals surface area (Å²) in [5.74, 6) is 2.82. The van der Waals surface area contributed by atoms with Crippen molar-refractivity contribution in [2.45, 2.75) is 71.8 Å². The van der Waals surface area contributed by atoms with Crippen LogP contribution in [-0.2, 0) is 0 Å². The molecule has 0 aliphatic heterocycles. The highest BCUT2D eigenvalue weighted by molar-refractivity contribution is 4.82. The first kappa shape index (κ1) is 14.0. The smallest absolute Gasteiger partial charge is 0.00949 e. The third-order valence-electron chi connectivity index (χ3n) is 4.69. The zero-order valence-electron chi connectivity index (χ0n) is 11.8. The lowest BCUT2D eigenvalue weighted by Gasteiger charge is -2.35. The zero-order chi connectivity index (χ0) is 12.0. The van der Waals surface area contributed by atoms with Crippen LogP contribution in [0.2, 0.25) is 0 Å². The molecule has 0 bridgehead atoms. The topological polar surface area (TPSA) is 12.0 Å². The molecule has 0 saturated heterocycles. The van der Waals surface area contributed by atoms with Gasteiger partial charge in [-0.1, -0.05) is 46.5 Å². The van der Waals surface area contributed by atoms with E-state index in [2.05, 4.69) is 33.1 Å². The van der Waals surface area contributed by atoms with Gasteiger partial charge in [0.1, 0.15) is 0 Å². The molecule has 0 heterocycles. The molecule has 96 valence electrons. The van der Waals surface area contributed by atoms with Crippen molar-refractivity contribution in [3.05, 3.63) is 0 Å². The van der Waals surface area contributed by atoms with Gasteiger partial charge in [-0.2, -0.15) is 0 Å². The molecule has 1 saturated carbocycles. The molecule has 4 atom stereocenters. The molecular formula is C15H31N. The molecule has 1 fully saturated rings. The van der Waals surface area contributed by atoms with Crippen molar-refractivity contribution in [2.24, 2.45) is 17.8 Å². The van der Waals surface area contributed by atoms with Crippen LogP contribution in [0.1, 0.15) is 65.7 Å². The number of nitrogens with one attached hydrogen (secondary N) is 1. The van der Waals surface area contributed by atoms with Crippen LogP contribution in [0.25, 0.3) is 0 Å². The van der Waals surface area contributed by atoms with E-state index in [1.54, 1.807) is 0 Å². The second-order valence-electron chi connectivity index (χ2n) is 5.85. The average molecular weight is 225 g/mol. The molecule has 1 N–H and O–H groups in total. The summed E-state index contributed by atoms with van der Waals surface area (Å²) >= 11 is 0. The normalized spacial score (nSPS) is 30.0. The second-order valence-corrected chi connectivity index (χ2v) is 5.85. The van der Waals surface area contributed by atoms with Gasteiger partial charge in [0.05, 0.1) is 0 Å². The van der Waals surface area contributed by atoms with Crippen molar-refractivity contribution in [2.75, 3.05) is 7.05 Å². The number of hydrogen-bond donors (Lipinski definition) is 1. The number of hydrogen-bond acceptors (Lipinski definition) is 1. The van der Waals surface area contributed by atoms with E-state index in [1.807, 2.05) is 0 Å². The van der Waals surface area contributed by atoms with Gasteiger partial charge in [0, 0.05) is 6.04 Å². The van der Waals surface area contributed by atoms with Crippen molar-refractivity contribution in [3.8, 4) is 0 Å². The quantitative estimate of drug-likeness (QED) is 0.713. The minimum Gasteiger partial charge on any atom is -0.317 e. The van der Waals surface area contributed by atoms with Crippen molar-refractivity contribution < 1.29 is 0 Å². The van der Waals surface area contributed by atoms with Crippen molar-refractivity contribution in [1.29, 1.82) is 0 Å². The Hall–Kier alpha value is -0.0400. The Morgan fingerprint density at radius 1 is 1.25 bits per heavy atom. The van der Waals surface area contributed by atoms with Crippen LogP contribution in [0, 0.1) is 17.8 Å².